The largest absolute Gasteiger partial charge is 0.421 e. The van der Waals surface area contributed by atoms with Crippen molar-refractivity contribution in [2.75, 3.05) is 25.0 Å². The number of aromatic nitrogens is 2. The fourth-order valence-electron chi connectivity index (χ4n) is 4.18. The van der Waals surface area contributed by atoms with Gasteiger partial charge in [-0.05, 0) is 47.9 Å². The second kappa shape index (κ2) is 11.6. The Morgan fingerprint density at radius 2 is 2.05 bits per heavy atom. The molecule has 0 saturated heterocycles. The molecule has 3 aromatic rings. The zero-order valence-electron chi connectivity index (χ0n) is 20.6. The van der Waals surface area contributed by atoms with Gasteiger partial charge in [0.1, 0.15) is 0 Å². The molecule has 0 saturated carbocycles. The summed E-state index contributed by atoms with van der Waals surface area (Å²) < 4.78 is 33.6. The second-order valence-electron chi connectivity index (χ2n) is 8.71. The van der Waals surface area contributed by atoms with E-state index in [0.717, 1.165) is 16.7 Å². The molecule has 2 aromatic carbocycles. The van der Waals surface area contributed by atoms with Gasteiger partial charge in [0.25, 0.3) is 5.92 Å². The SMILES string of the molecule is C=Cc1cc(-c2nnc(CCO)o2)cc(Cl)c1C1=CCN(C(=O)Nc2ccc(C(F)(F)CC)c(Cl)c2)CC1. The van der Waals surface area contributed by atoms with E-state index in [0.29, 0.717) is 41.7 Å². The number of aliphatic hydroxyl groups is 1. The number of halogens is 4. The summed E-state index contributed by atoms with van der Waals surface area (Å²) in [7, 11) is 0. The number of carbonyl (C=O) groups is 1. The lowest BCUT2D eigenvalue weighted by Gasteiger charge is -2.28. The Labute approximate surface area is 228 Å². The minimum atomic E-state index is -3.04. The monoisotopic (exact) mass is 562 g/mol. The van der Waals surface area contributed by atoms with Crippen molar-refractivity contribution in [2.45, 2.75) is 32.1 Å². The molecule has 38 heavy (non-hydrogen) atoms. The van der Waals surface area contributed by atoms with Gasteiger partial charge in [0, 0.05) is 53.3 Å². The first-order valence-electron chi connectivity index (χ1n) is 12.0. The molecule has 0 fully saturated rings. The maximum atomic E-state index is 14.0. The molecule has 2 heterocycles. The highest BCUT2D eigenvalue weighted by molar-refractivity contribution is 6.33. The van der Waals surface area contributed by atoms with Crippen molar-refractivity contribution in [3.63, 3.8) is 0 Å². The number of benzene rings is 2. The fourth-order valence-corrected chi connectivity index (χ4v) is 4.85. The lowest BCUT2D eigenvalue weighted by Crippen LogP contribution is -2.38. The Bertz CT molecular complexity index is 1390. The van der Waals surface area contributed by atoms with Gasteiger partial charge in [-0.1, -0.05) is 48.9 Å². The highest BCUT2D eigenvalue weighted by Crippen LogP contribution is 2.38. The Balaban J connectivity index is 1.48. The molecule has 2 amide bonds. The van der Waals surface area contributed by atoms with Gasteiger partial charge in [0.05, 0.1) is 11.6 Å². The number of hydrogen-bond acceptors (Lipinski definition) is 5. The van der Waals surface area contributed by atoms with Gasteiger partial charge in [0.2, 0.25) is 11.8 Å². The van der Waals surface area contributed by atoms with Gasteiger partial charge in [-0.3, -0.25) is 0 Å². The molecular weight excluding hydrogens is 537 g/mol. The van der Waals surface area contributed by atoms with Crippen molar-refractivity contribution < 1.29 is 23.1 Å². The quantitative estimate of drug-likeness (QED) is 0.307. The number of nitrogens with one attached hydrogen (secondary N) is 1. The Kier molecular flexibility index (Phi) is 8.50. The minimum Gasteiger partial charge on any atom is -0.421 e. The number of aliphatic hydroxyl groups excluding tert-OH is 1. The van der Waals surface area contributed by atoms with Gasteiger partial charge in [-0.15, -0.1) is 10.2 Å². The van der Waals surface area contributed by atoms with Crippen LogP contribution >= 0.6 is 23.2 Å². The topological polar surface area (TPSA) is 91.5 Å². The van der Waals surface area contributed by atoms with E-state index in [4.69, 9.17) is 32.7 Å². The van der Waals surface area contributed by atoms with Crippen LogP contribution in [0.1, 0.15) is 42.3 Å². The number of anilines is 1. The first-order chi connectivity index (χ1) is 18.2. The second-order valence-corrected chi connectivity index (χ2v) is 9.52. The molecule has 0 bridgehead atoms. The zero-order chi connectivity index (χ0) is 27.4. The molecule has 1 aliphatic rings. The van der Waals surface area contributed by atoms with Crippen LogP contribution in [0.5, 0.6) is 0 Å². The summed E-state index contributed by atoms with van der Waals surface area (Å²) in [6, 6.07) is 7.20. The van der Waals surface area contributed by atoms with E-state index in [1.165, 1.54) is 25.1 Å². The average molecular weight is 563 g/mol. The summed E-state index contributed by atoms with van der Waals surface area (Å²) in [5, 5.41) is 20.1. The van der Waals surface area contributed by atoms with Crippen LogP contribution in [0, 0.1) is 0 Å². The van der Waals surface area contributed by atoms with Crippen molar-refractivity contribution in [2.24, 2.45) is 0 Å². The van der Waals surface area contributed by atoms with E-state index in [-0.39, 0.29) is 42.0 Å². The minimum absolute atomic E-state index is 0.0969. The lowest BCUT2D eigenvalue weighted by atomic mass is 9.93. The molecule has 1 aromatic heterocycles. The first-order valence-corrected chi connectivity index (χ1v) is 12.7. The molecule has 0 radical (unpaired) electrons. The normalized spacial score (nSPS) is 13.8. The third-order valence-electron chi connectivity index (χ3n) is 6.26. The van der Waals surface area contributed by atoms with E-state index in [1.54, 1.807) is 17.0 Å². The average Bonchev–Trinajstić information content (AvgIpc) is 3.37. The molecule has 0 spiro atoms. The van der Waals surface area contributed by atoms with Crippen LogP contribution in [0.3, 0.4) is 0 Å². The Hall–Kier alpha value is -3.27. The summed E-state index contributed by atoms with van der Waals surface area (Å²) in [5.41, 5.74) is 3.24. The molecule has 2 N–H and O–H groups in total. The van der Waals surface area contributed by atoms with Crippen molar-refractivity contribution in [3.8, 4) is 11.5 Å². The molecular formula is C27H26Cl2F2N4O3. The highest BCUT2D eigenvalue weighted by Gasteiger charge is 2.31. The third kappa shape index (κ3) is 5.90. The number of rotatable bonds is 8. The molecule has 0 atom stereocenters. The number of alkyl halides is 2. The van der Waals surface area contributed by atoms with Crippen molar-refractivity contribution >= 4 is 46.6 Å². The summed E-state index contributed by atoms with van der Waals surface area (Å²) in [4.78, 5) is 14.4. The Morgan fingerprint density at radius 3 is 2.68 bits per heavy atom. The molecule has 200 valence electrons. The van der Waals surface area contributed by atoms with Crippen molar-refractivity contribution in [3.05, 3.63) is 75.6 Å². The first kappa shape index (κ1) is 27.8. The number of hydrogen-bond donors (Lipinski definition) is 2. The predicted octanol–water partition coefficient (Wildman–Crippen LogP) is 7.04. The van der Waals surface area contributed by atoms with E-state index in [1.807, 2.05) is 12.1 Å². The molecule has 1 aliphatic heterocycles. The highest BCUT2D eigenvalue weighted by atomic mass is 35.5. The smallest absolute Gasteiger partial charge is 0.322 e. The number of urea groups is 1. The van der Waals surface area contributed by atoms with E-state index < -0.39 is 5.92 Å². The van der Waals surface area contributed by atoms with Gasteiger partial charge in [0.15, 0.2) is 0 Å². The third-order valence-corrected chi connectivity index (χ3v) is 6.87. The van der Waals surface area contributed by atoms with Crippen LogP contribution in [0.15, 0.2) is 47.4 Å². The van der Waals surface area contributed by atoms with Crippen LogP contribution in [0.2, 0.25) is 10.0 Å². The van der Waals surface area contributed by atoms with Gasteiger partial charge in [-0.25, -0.2) is 13.6 Å². The lowest BCUT2D eigenvalue weighted by molar-refractivity contribution is -0.00815. The van der Waals surface area contributed by atoms with Gasteiger partial charge in [-0.2, -0.15) is 0 Å². The maximum Gasteiger partial charge on any atom is 0.322 e. The van der Waals surface area contributed by atoms with Gasteiger partial charge < -0.3 is 19.7 Å². The zero-order valence-corrected chi connectivity index (χ0v) is 22.1. The molecule has 0 unspecified atom stereocenters. The summed E-state index contributed by atoms with van der Waals surface area (Å²) in [6.45, 7) is 5.93. The van der Waals surface area contributed by atoms with E-state index >= 15 is 0 Å². The number of amides is 2. The van der Waals surface area contributed by atoms with E-state index in [9.17, 15) is 13.6 Å². The number of carbonyl (C=O) groups excluding carboxylic acids is 1. The van der Waals surface area contributed by atoms with Crippen LogP contribution in [0.4, 0.5) is 19.3 Å². The molecule has 11 heteroatoms. The summed E-state index contributed by atoms with van der Waals surface area (Å²) in [6.07, 6.45) is 4.03. The molecule has 0 aliphatic carbocycles. The van der Waals surface area contributed by atoms with Crippen LogP contribution in [-0.2, 0) is 12.3 Å². The summed E-state index contributed by atoms with van der Waals surface area (Å²) in [5.74, 6) is -2.42. The van der Waals surface area contributed by atoms with Crippen LogP contribution in [-0.4, -0.2) is 45.9 Å². The predicted molar refractivity (Wildman–Crippen MR) is 144 cm³/mol. The Morgan fingerprint density at radius 1 is 1.26 bits per heavy atom. The standard InChI is InChI=1S/C27H26Cl2F2N4O3/c1-3-16-13-18(25-34-33-23(38-25)9-12-36)14-22(29)24(16)17-7-10-35(11-8-17)26(37)32-19-5-6-20(21(28)15-19)27(30,31)4-2/h3,5-7,13-15,36H,1,4,8-12H2,2H3,(H,32,37). The van der Waals surface area contributed by atoms with Crippen LogP contribution in [0.25, 0.3) is 23.1 Å². The van der Waals surface area contributed by atoms with Crippen LogP contribution < -0.4 is 5.32 Å². The maximum absolute atomic E-state index is 14.0. The fraction of sp³-hybridized carbons (Fsp3) is 0.296. The van der Waals surface area contributed by atoms with Gasteiger partial charge >= 0.3 is 6.03 Å². The van der Waals surface area contributed by atoms with Crippen molar-refractivity contribution in [1.29, 1.82) is 0 Å². The van der Waals surface area contributed by atoms with Crippen molar-refractivity contribution in [1.82, 2.24) is 15.1 Å². The number of nitrogens with zero attached hydrogens (tertiary/aromatic N) is 3. The summed E-state index contributed by atoms with van der Waals surface area (Å²) >= 11 is 12.7. The van der Waals surface area contributed by atoms with E-state index in [2.05, 4.69) is 22.1 Å². The molecule has 7 nitrogen and oxygen atoms in total. The molecule has 4 rings (SSSR count).